The molecule has 1 rings (SSSR count). The topological polar surface area (TPSA) is 47.3 Å². The van der Waals surface area contributed by atoms with Crippen LogP contribution < -0.4 is 11.1 Å². The van der Waals surface area contributed by atoms with E-state index in [0.717, 1.165) is 38.4 Å². The maximum absolute atomic E-state index is 5.75. The van der Waals surface area contributed by atoms with Gasteiger partial charge in [0.2, 0.25) is 0 Å². The minimum atomic E-state index is 0.803. The molecule has 1 heterocycles. The molecule has 1 aromatic rings. The quantitative estimate of drug-likeness (QED) is 0.681. The van der Waals surface area contributed by atoms with Crippen LogP contribution in [0.3, 0.4) is 0 Å². The average Bonchev–Trinajstić information content (AvgIpc) is 2.58. The summed E-state index contributed by atoms with van der Waals surface area (Å²) in [6.45, 7) is 5.51. The van der Waals surface area contributed by atoms with Crippen molar-refractivity contribution in [1.29, 1.82) is 0 Å². The van der Waals surface area contributed by atoms with Crippen LogP contribution in [0.5, 0.6) is 0 Å². The van der Waals surface area contributed by atoms with Gasteiger partial charge in [-0.15, -0.1) is 11.3 Å². The summed E-state index contributed by atoms with van der Waals surface area (Å²) in [6, 6.07) is 1.95. The second-order valence-electron chi connectivity index (χ2n) is 3.03. The van der Waals surface area contributed by atoms with Crippen LogP contribution in [0.25, 0.3) is 0 Å². The van der Waals surface area contributed by atoms with Crippen molar-refractivity contribution in [1.82, 2.24) is 5.32 Å². The molecule has 14 heavy (non-hydrogen) atoms. The number of anilines is 1. The lowest BCUT2D eigenvalue weighted by Crippen LogP contribution is -2.16. The van der Waals surface area contributed by atoms with Gasteiger partial charge in [-0.3, -0.25) is 0 Å². The number of thiophene rings is 1. The van der Waals surface area contributed by atoms with Gasteiger partial charge in [-0.25, -0.2) is 0 Å². The van der Waals surface area contributed by atoms with Gasteiger partial charge >= 0.3 is 0 Å². The lowest BCUT2D eigenvalue weighted by Gasteiger charge is -2.04. The molecule has 3 N–H and O–H groups in total. The van der Waals surface area contributed by atoms with E-state index in [1.165, 1.54) is 4.88 Å². The molecule has 80 valence electrons. The van der Waals surface area contributed by atoms with Gasteiger partial charge in [-0.2, -0.15) is 0 Å². The fourth-order valence-electron chi connectivity index (χ4n) is 1.14. The Hall–Kier alpha value is -0.580. The van der Waals surface area contributed by atoms with Gasteiger partial charge in [0.05, 0.1) is 0 Å². The first-order valence-corrected chi connectivity index (χ1v) is 5.83. The summed E-state index contributed by atoms with van der Waals surface area (Å²) < 4.78 is 5.23. The van der Waals surface area contributed by atoms with Gasteiger partial charge < -0.3 is 15.8 Å². The largest absolute Gasteiger partial charge is 0.398 e. The van der Waals surface area contributed by atoms with Crippen LogP contribution in [0, 0.1) is 0 Å². The monoisotopic (exact) mass is 214 g/mol. The van der Waals surface area contributed by atoms with Gasteiger partial charge in [-0.05, 0) is 31.3 Å². The Kier molecular flexibility index (Phi) is 5.59. The van der Waals surface area contributed by atoms with Crippen molar-refractivity contribution < 1.29 is 4.74 Å². The van der Waals surface area contributed by atoms with Crippen molar-refractivity contribution >= 4 is 17.0 Å². The Morgan fingerprint density at radius 1 is 1.57 bits per heavy atom. The number of nitrogens with one attached hydrogen (secondary N) is 1. The summed E-state index contributed by atoms with van der Waals surface area (Å²) in [5.74, 6) is 0. The second-order valence-corrected chi connectivity index (χ2v) is 4.03. The number of nitrogens with two attached hydrogens (primary N) is 1. The molecule has 0 amide bonds. The van der Waals surface area contributed by atoms with Crippen LogP contribution in [0.15, 0.2) is 11.4 Å². The van der Waals surface area contributed by atoms with Gasteiger partial charge in [0.1, 0.15) is 0 Å². The van der Waals surface area contributed by atoms with Crippen LogP contribution in [-0.2, 0) is 11.3 Å². The molecule has 0 aromatic carbocycles. The van der Waals surface area contributed by atoms with Gasteiger partial charge in [-0.1, -0.05) is 0 Å². The number of nitrogen functional groups attached to an aromatic ring is 1. The number of hydrogen-bond acceptors (Lipinski definition) is 4. The Bertz CT molecular complexity index is 250. The minimum Gasteiger partial charge on any atom is -0.398 e. The highest BCUT2D eigenvalue weighted by Crippen LogP contribution is 2.17. The molecular formula is C10H18N2OS. The van der Waals surface area contributed by atoms with E-state index in [4.69, 9.17) is 10.5 Å². The Labute approximate surface area is 89.3 Å². The third kappa shape index (κ3) is 4.09. The fourth-order valence-corrected chi connectivity index (χ4v) is 1.91. The summed E-state index contributed by atoms with van der Waals surface area (Å²) in [5.41, 5.74) is 6.64. The molecule has 0 fully saturated rings. The molecule has 0 aliphatic carbocycles. The van der Waals surface area contributed by atoms with Crippen LogP contribution in [0.4, 0.5) is 5.69 Å². The van der Waals surface area contributed by atoms with Gasteiger partial charge in [0.15, 0.2) is 0 Å². The highest BCUT2D eigenvalue weighted by molar-refractivity contribution is 7.10. The molecular weight excluding hydrogens is 196 g/mol. The first kappa shape index (κ1) is 11.5. The smallest absolute Gasteiger partial charge is 0.0477 e. The SMILES string of the molecule is CCOCCCNCc1sccc1N. The van der Waals surface area contributed by atoms with Crippen LogP contribution in [0.2, 0.25) is 0 Å². The summed E-state index contributed by atoms with van der Waals surface area (Å²) in [7, 11) is 0. The number of rotatable bonds is 7. The molecule has 0 saturated carbocycles. The molecule has 0 spiro atoms. The minimum absolute atomic E-state index is 0.803. The predicted octanol–water partition coefficient (Wildman–Crippen LogP) is 1.85. The molecule has 3 nitrogen and oxygen atoms in total. The van der Waals surface area contributed by atoms with E-state index < -0.39 is 0 Å². The van der Waals surface area contributed by atoms with E-state index in [9.17, 15) is 0 Å². The lowest BCUT2D eigenvalue weighted by molar-refractivity contribution is 0.145. The van der Waals surface area contributed by atoms with E-state index >= 15 is 0 Å². The number of hydrogen-bond donors (Lipinski definition) is 2. The normalized spacial score (nSPS) is 10.6. The maximum atomic E-state index is 5.75. The predicted molar refractivity (Wildman–Crippen MR) is 61.5 cm³/mol. The zero-order valence-electron chi connectivity index (χ0n) is 8.58. The first-order valence-electron chi connectivity index (χ1n) is 4.95. The second kappa shape index (κ2) is 6.81. The first-order chi connectivity index (χ1) is 6.84. The standard InChI is InChI=1S/C10H18N2OS/c1-2-13-6-3-5-12-8-10-9(11)4-7-14-10/h4,7,12H,2-3,5-6,8,11H2,1H3. The fraction of sp³-hybridized carbons (Fsp3) is 0.600. The Morgan fingerprint density at radius 3 is 3.07 bits per heavy atom. The van der Waals surface area contributed by atoms with E-state index in [1.54, 1.807) is 11.3 Å². The van der Waals surface area contributed by atoms with Gasteiger partial charge in [0, 0.05) is 30.3 Å². The lowest BCUT2D eigenvalue weighted by atomic mass is 10.4. The van der Waals surface area contributed by atoms with Gasteiger partial charge in [0.25, 0.3) is 0 Å². The maximum Gasteiger partial charge on any atom is 0.0477 e. The summed E-state index contributed by atoms with van der Waals surface area (Å²) in [4.78, 5) is 1.22. The van der Waals surface area contributed by atoms with E-state index in [2.05, 4.69) is 5.32 Å². The molecule has 1 aromatic heterocycles. The van der Waals surface area contributed by atoms with E-state index in [1.807, 2.05) is 18.4 Å². The molecule has 0 atom stereocenters. The van der Waals surface area contributed by atoms with Crippen molar-refractivity contribution in [3.8, 4) is 0 Å². The van der Waals surface area contributed by atoms with Crippen molar-refractivity contribution in [3.63, 3.8) is 0 Å². The number of ether oxygens (including phenoxy) is 1. The van der Waals surface area contributed by atoms with E-state index in [-0.39, 0.29) is 0 Å². The van der Waals surface area contributed by atoms with Crippen LogP contribution in [-0.4, -0.2) is 19.8 Å². The molecule has 0 unspecified atom stereocenters. The third-order valence-corrected chi connectivity index (χ3v) is 2.85. The zero-order valence-corrected chi connectivity index (χ0v) is 9.40. The molecule has 0 aliphatic rings. The molecule has 0 bridgehead atoms. The van der Waals surface area contributed by atoms with Crippen molar-refractivity contribution in [3.05, 3.63) is 16.3 Å². The third-order valence-electron chi connectivity index (χ3n) is 1.91. The highest BCUT2D eigenvalue weighted by Gasteiger charge is 1.98. The highest BCUT2D eigenvalue weighted by atomic mass is 32.1. The Balaban J connectivity index is 2.02. The Morgan fingerprint density at radius 2 is 2.43 bits per heavy atom. The van der Waals surface area contributed by atoms with Crippen molar-refractivity contribution in [2.75, 3.05) is 25.5 Å². The summed E-state index contributed by atoms with van der Waals surface area (Å²) >= 11 is 1.70. The van der Waals surface area contributed by atoms with Crippen LogP contribution >= 0.6 is 11.3 Å². The van der Waals surface area contributed by atoms with E-state index in [0.29, 0.717) is 0 Å². The molecule has 4 heteroatoms. The zero-order chi connectivity index (χ0) is 10.2. The average molecular weight is 214 g/mol. The summed E-state index contributed by atoms with van der Waals surface area (Å²) in [5, 5.41) is 5.36. The van der Waals surface area contributed by atoms with Crippen LogP contribution in [0.1, 0.15) is 18.2 Å². The van der Waals surface area contributed by atoms with Crippen molar-refractivity contribution in [2.45, 2.75) is 19.9 Å². The summed E-state index contributed by atoms with van der Waals surface area (Å²) in [6.07, 6.45) is 1.05. The van der Waals surface area contributed by atoms with Crippen molar-refractivity contribution in [2.24, 2.45) is 0 Å². The molecule has 0 radical (unpaired) electrons. The molecule has 0 aliphatic heterocycles. The molecule has 0 saturated heterocycles.